The minimum absolute atomic E-state index is 0.167. The van der Waals surface area contributed by atoms with E-state index in [1.165, 1.54) is 5.56 Å². The van der Waals surface area contributed by atoms with Crippen molar-refractivity contribution < 1.29 is 0 Å². The van der Waals surface area contributed by atoms with Crippen molar-refractivity contribution in [1.82, 2.24) is 0 Å². The third-order valence-corrected chi connectivity index (χ3v) is 2.48. The molecular formula is C12H16BrN. The molecule has 0 spiro atoms. The molecule has 0 heterocycles. The molecule has 0 aliphatic rings. The number of nitrogens with two attached hydrogens (primary N) is 1. The minimum atomic E-state index is 0.167. The molecule has 76 valence electrons. The standard InChI is InChI=1S/C12H16BrN/c1-10(14)4-2-3-5-11-6-8-12(13)9-7-11/h2,4,6-10H,3,5,14H2,1H3/b4-2+. The summed E-state index contributed by atoms with van der Waals surface area (Å²) < 4.78 is 1.13. The normalized spacial score (nSPS) is 13.4. The quantitative estimate of drug-likeness (QED) is 0.820. The van der Waals surface area contributed by atoms with Gasteiger partial charge in [0.2, 0.25) is 0 Å². The van der Waals surface area contributed by atoms with E-state index in [0.29, 0.717) is 0 Å². The summed E-state index contributed by atoms with van der Waals surface area (Å²) in [7, 11) is 0. The molecule has 2 N–H and O–H groups in total. The molecule has 0 saturated carbocycles. The van der Waals surface area contributed by atoms with Gasteiger partial charge in [-0.3, -0.25) is 0 Å². The predicted octanol–water partition coefficient (Wildman–Crippen LogP) is 3.29. The summed E-state index contributed by atoms with van der Waals surface area (Å²) in [6, 6.07) is 8.60. The van der Waals surface area contributed by atoms with Gasteiger partial charge in [0.25, 0.3) is 0 Å². The zero-order valence-corrected chi connectivity index (χ0v) is 10.00. The Morgan fingerprint density at radius 3 is 2.57 bits per heavy atom. The summed E-state index contributed by atoms with van der Waals surface area (Å²) >= 11 is 3.42. The highest BCUT2D eigenvalue weighted by Gasteiger charge is 1.91. The molecular weight excluding hydrogens is 238 g/mol. The molecule has 1 nitrogen and oxygen atoms in total. The molecule has 0 aliphatic carbocycles. The summed E-state index contributed by atoms with van der Waals surface area (Å²) in [5.41, 5.74) is 6.96. The van der Waals surface area contributed by atoms with Gasteiger partial charge in [-0.2, -0.15) is 0 Å². The van der Waals surface area contributed by atoms with E-state index < -0.39 is 0 Å². The molecule has 0 amide bonds. The Hall–Kier alpha value is -0.600. The van der Waals surface area contributed by atoms with Gasteiger partial charge in [-0.25, -0.2) is 0 Å². The van der Waals surface area contributed by atoms with Crippen LogP contribution in [0.2, 0.25) is 0 Å². The van der Waals surface area contributed by atoms with Gasteiger partial charge in [0.05, 0.1) is 0 Å². The van der Waals surface area contributed by atoms with Crippen LogP contribution < -0.4 is 5.73 Å². The van der Waals surface area contributed by atoms with E-state index in [2.05, 4.69) is 46.3 Å². The van der Waals surface area contributed by atoms with Crippen molar-refractivity contribution in [2.45, 2.75) is 25.8 Å². The third kappa shape index (κ3) is 4.58. The maximum atomic E-state index is 5.60. The summed E-state index contributed by atoms with van der Waals surface area (Å²) in [6.45, 7) is 1.98. The highest BCUT2D eigenvalue weighted by atomic mass is 79.9. The lowest BCUT2D eigenvalue weighted by Crippen LogP contribution is -2.10. The molecule has 1 aromatic rings. The van der Waals surface area contributed by atoms with Gasteiger partial charge >= 0.3 is 0 Å². The van der Waals surface area contributed by atoms with Crippen LogP contribution in [0.25, 0.3) is 0 Å². The number of aryl methyl sites for hydroxylation is 1. The van der Waals surface area contributed by atoms with E-state index in [0.717, 1.165) is 17.3 Å². The molecule has 0 bridgehead atoms. The molecule has 0 aliphatic heterocycles. The fourth-order valence-electron chi connectivity index (χ4n) is 1.21. The van der Waals surface area contributed by atoms with Crippen LogP contribution in [0.15, 0.2) is 40.9 Å². The van der Waals surface area contributed by atoms with Gasteiger partial charge in [0.15, 0.2) is 0 Å². The second-order valence-electron chi connectivity index (χ2n) is 3.45. The number of rotatable bonds is 4. The highest BCUT2D eigenvalue weighted by Crippen LogP contribution is 2.11. The van der Waals surface area contributed by atoms with Gasteiger partial charge in [0, 0.05) is 10.5 Å². The van der Waals surface area contributed by atoms with Crippen LogP contribution in [-0.4, -0.2) is 6.04 Å². The summed E-state index contributed by atoms with van der Waals surface area (Å²) in [6.07, 6.45) is 6.32. The predicted molar refractivity (Wildman–Crippen MR) is 65.3 cm³/mol. The Morgan fingerprint density at radius 2 is 2.00 bits per heavy atom. The lowest BCUT2D eigenvalue weighted by Gasteiger charge is -1.99. The zero-order valence-electron chi connectivity index (χ0n) is 8.41. The molecule has 1 atom stereocenters. The second-order valence-corrected chi connectivity index (χ2v) is 4.37. The zero-order chi connectivity index (χ0) is 10.4. The van der Waals surface area contributed by atoms with Crippen LogP contribution in [0.3, 0.4) is 0 Å². The second kappa shape index (κ2) is 5.99. The fourth-order valence-corrected chi connectivity index (χ4v) is 1.48. The molecule has 2 heteroatoms. The molecule has 14 heavy (non-hydrogen) atoms. The van der Waals surface area contributed by atoms with Crippen molar-refractivity contribution in [3.63, 3.8) is 0 Å². The number of hydrogen-bond donors (Lipinski definition) is 1. The van der Waals surface area contributed by atoms with Gasteiger partial charge in [-0.05, 0) is 37.5 Å². The van der Waals surface area contributed by atoms with E-state index in [9.17, 15) is 0 Å². The SMILES string of the molecule is CC(N)/C=C/CCc1ccc(Br)cc1. The van der Waals surface area contributed by atoms with E-state index in [1.54, 1.807) is 0 Å². The number of allylic oxidation sites excluding steroid dienone is 1. The Bertz CT molecular complexity index is 288. The first-order valence-electron chi connectivity index (χ1n) is 4.85. The Balaban J connectivity index is 2.35. The van der Waals surface area contributed by atoms with Gasteiger partial charge < -0.3 is 5.73 Å². The first kappa shape index (κ1) is 11.5. The minimum Gasteiger partial charge on any atom is -0.325 e. The molecule has 0 saturated heterocycles. The number of halogens is 1. The van der Waals surface area contributed by atoms with Crippen LogP contribution in [0.1, 0.15) is 18.9 Å². The third-order valence-electron chi connectivity index (χ3n) is 1.95. The van der Waals surface area contributed by atoms with Crippen molar-refractivity contribution in [2.24, 2.45) is 5.73 Å². The lowest BCUT2D eigenvalue weighted by atomic mass is 10.1. The maximum absolute atomic E-state index is 5.60. The summed E-state index contributed by atoms with van der Waals surface area (Å²) in [5.74, 6) is 0. The molecule has 0 fully saturated rings. The number of hydrogen-bond acceptors (Lipinski definition) is 1. The van der Waals surface area contributed by atoms with E-state index in [4.69, 9.17) is 5.73 Å². The van der Waals surface area contributed by atoms with Crippen LogP contribution >= 0.6 is 15.9 Å². The van der Waals surface area contributed by atoms with E-state index >= 15 is 0 Å². The van der Waals surface area contributed by atoms with E-state index in [1.807, 2.05) is 13.0 Å². The monoisotopic (exact) mass is 253 g/mol. The molecule has 1 unspecified atom stereocenters. The molecule has 1 aromatic carbocycles. The van der Waals surface area contributed by atoms with E-state index in [-0.39, 0.29) is 6.04 Å². The molecule has 0 aromatic heterocycles. The van der Waals surface area contributed by atoms with Crippen molar-refractivity contribution in [3.05, 3.63) is 46.5 Å². The summed E-state index contributed by atoms with van der Waals surface area (Å²) in [4.78, 5) is 0. The van der Waals surface area contributed by atoms with Crippen LogP contribution in [0.5, 0.6) is 0 Å². The Morgan fingerprint density at radius 1 is 1.36 bits per heavy atom. The largest absolute Gasteiger partial charge is 0.325 e. The van der Waals surface area contributed by atoms with Gasteiger partial charge in [-0.15, -0.1) is 0 Å². The first-order valence-corrected chi connectivity index (χ1v) is 5.64. The maximum Gasteiger partial charge on any atom is 0.0194 e. The first-order chi connectivity index (χ1) is 6.68. The van der Waals surface area contributed by atoms with Gasteiger partial charge in [-0.1, -0.05) is 40.2 Å². The van der Waals surface area contributed by atoms with Crippen molar-refractivity contribution in [2.75, 3.05) is 0 Å². The molecule has 1 rings (SSSR count). The van der Waals surface area contributed by atoms with Crippen molar-refractivity contribution in [3.8, 4) is 0 Å². The fraction of sp³-hybridized carbons (Fsp3) is 0.333. The van der Waals surface area contributed by atoms with Crippen molar-refractivity contribution in [1.29, 1.82) is 0 Å². The molecule has 0 radical (unpaired) electrons. The van der Waals surface area contributed by atoms with Crippen molar-refractivity contribution >= 4 is 15.9 Å². The average Bonchev–Trinajstić information content (AvgIpc) is 2.15. The topological polar surface area (TPSA) is 26.0 Å². The Kier molecular flexibility index (Phi) is 4.91. The van der Waals surface area contributed by atoms with Crippen LogP contribution in [0.4, 0.5) is 0 Å². The summed E-state index contributed by atoms with van der Waals surface area (Å²) in [5, 5.41) is 0. The smallest absolute Gasteiger partial charge is 0.0194 e. The lowest BCUT2D eigenvalue weighted by molar-refractivity contribution is 0.906. The number of benzene rings is 1. The highest BCUT2D eigenvalue weighted by molar-refractivity contribution is 9.10. The van der Waals surface area contributed by atoms with Crippen LogP contribution in [-0.2, 0) is 6.42 Å². The average molecular weight is 254 g/mol. The van der Waals surface area contributed by atoms with Gasteiger partial charge in [0.1, 0.15) is 0 Å². The van der Waals surface area contributed by atoms with Crippen LogP contribution in [0, 0.1) is 0 Å². The Labute approximate surface area is 94.1 Å².